The Morgan fingerprint density at radius 1 is 1.41 bits per heavy atom. The number of methoxy groups -OCH3 is 1. The average Bonchev–Trinajstić information content (AvgIpc) is 2.39. The number of hydrogen-bond acceptors (Lipinski definition) is 3. The number of unbranched alkanes of at least 4 members (excludes halogenated alkanes) is 1. The van der Waals surface area contributed by atoms with E-state index in [9.17, 15) is 4.79 Å². The molecule has 0 aliphatic rings. The van der Waals surface area contributed by atoms with Crippen molar-refractivity contribution in [1.82, 2.24) is 0 Å². The Hall–Kier alpha value is -1.82. The highest BCUT2D eigenvalue weighted by Crippen LogP contribution is 2.21. The fourth-order valence-corrected chi connectivity index (χ4v) is 1.68. The first-order chi connectivity index (χ1) is 8.22. The zero-order chi connectivity index (χ0) is 12.7. The molecule has 0 radical (unpaired) electrons. The molecule has 17 heavy (non-hydrogen) atoms. The van der Waals surface area contributed by atoms with Gasteiger partial charge in [0.25, 0.3) is 0 Å². The van der Waals surface area contributed by atoms with E-state index in [1.54, 1.807) is 12.1 Å². The van der Waals surface area contributed by atoms with Crippen LogP contribution in [0, 0.1) is 11.3 Å². The van der Waals surface area contributed by atoms with Gasteiger partial charge in [-0.25, -0.2) is 4.79 Å². The van der Waals surface area contributed by atoms with Gasteiger partial charge in [0.05, 0.1) is 24.7 Å². The zero-order valence-electron chi connectivity index (χ0n) is 10.3. The van der Waals surface area contributed by atoms with Crippen molar-refractivity contribution in [3.8, 4) is 6.07 Å². The molecule has 0 aliphatic heterocycles. The van der Waals surface area contributed by atoms with Gasteiger partial charge >= 0.3 is 5.97 Å². The molecule has 3 heteroatoms. The van der Waals surface area contributed by atoms with Gasteiger partial charge < -0.3 is 4.74 Å². The molecule has 0 fully saturated rings. The number of carbonyl (C=O) groups is 1. The van der Waals surface area contributed by atoms with Crippen molar-refractivity contribution in [1.29, 1.82) is 5.26 Å². The summed E-state index contributed by atoms with van der Waals surface area (Å²) in [6, 6.07) is 9.37. The second kappa shape index (κ2) is 6.70. The lowest BCUT2D eigenvalue weighted by Crippen LogP contribution is -2.02. The van der Waals surface area contributed by atoms with Gasteiger partial charge in [0, 0.05) is 0 Å². The fraction of sp³-hybridized carbons (Fsp3) is 0.429. The van der Waals surface area contributed by atoms with Crippen molar-refractivity contribution in [2.24, 2.45) is 0 Å². The van der Waals surface area contributed by atoms with Crippen LogP contribution in [0.1, 0.15) is 48.0 Å². The molecule has 0 spiro atoms. The molecule has 1 aromatic rings. The highest BCUT2D eigenvalue weighted by Gasteiger charge is 2.11. The first kappa shape index (κ1) is 13.2. The maximum atomic E-state index is 11.2. The molecule has 0 aromatic heterocycles. The Morgan fingerprint density at radius 3 is 2.53 bits per heavy atom. The average molecular weight is 231 g/mol. The van der Waals surface area contributed by atoms with Crippen molar-refractivity contribution in [2.75, 3.05) is 7.11 Å². The first-order valence-electron chi connectivity index (χ1n) is 5.80. The van der Waals surface area contributed by atoms with E-state index in [1.165, 1.54) is 7.11 Å². The molecule has 3 nitrogen and oxygen atoms in total. The third-order valence-electron chi connectivity index (χ3n) is 2.74. The highest BCUT2D eigenvalue weighted by molar-refractivity contribution is 5.89. The SMILES string of the molecule is CCCCC(C#N)c1ccc(C(=O)OC)cc1. The number of hydrogen-bond donors (Lipinski definition) is 0. The largest absolute Gasteiger partial charge is 0.465 e. The van der Waals surface area contributed by atoms with Gasteiger partial charge in [-0.2, -0.15) is 5.26 Å². The van der Waals surface area contributed by atoms with Gasteiger partial charge in [-0.15, -0.1) is 0 Å². The van der Waals surface area contributed by atoms with Crippen molar-refractivity contribution < 1.29 is 9.53 Å². The number of benzene rings is 1. The number of esters is 1. The van der Waals surface area contributed by atoms with Crippen LogP contribution in [0.3, 0.4) is 0 Å². The molecule has 0 saturated carbocycles. The molecule has 0 amide bonds. The summed E-state index contributed by atoms with van der Waals surface area (Å²) in [5, 5.41) is 9.09. The predicted octanol–water partition coefficient (Wildman–Crippen LogP) is 3.27. The molecule has 0 heterocycles. The fourth-order valence-electron chi connectivity index (χ4n) is 1.68. The van der Waals surface area contributed by atoms with E-state index in [0.29, 0.717) is 5.56 Å². The number of rotatable bonds is 5. The molecular formula is C14H17NO2. The first-order valence-corrected chi connectivity index (χ1v) is 5.80. The predicted molar refractivity (Wildman–Crippen MR) is 65.7 cm³/mol. The van der Waals surface area contributed by atoms with E-state index in [4.69, 9.17) is 5.26 Å². The third-order valence-corrected chi connectivity index (χ3v) is 2.74. The van der Waals surface area contributed by atoms with E-state index >= 15 is 0 Å². The van der Waals surface area contributed by atoms with Crippen LogP contribution in [-0.2, 0) is 4.74 Å². The summed E-state index contributed by atoms with van der Waals surface area (Å²) in [7, 11) is 1.36. The summed E-state index contributed by atoms with van der Waals surface area (Å²) in [4.78, 5) is 11.2. The molecule has 0 saturated heterocycles. The second-order valence-electron chi connectivity index (χ2n) is 3.94. The van der Waals surface area contributed by atoms with Crippen LogP contribution in [-0.4, -0.2) is 13.1 Å². The summed E-state index contributed by atoms with van der Waals surface area (Å²) >= 11 is 0. The number of nitrogens with zero attached hydrogens (tertiary/aromatic N) is 1. The van der Waals surface area contributed by atoms with Gasteiger partial charge in [0.15, 0.2) is 0 Å². The molecule has 1 atom stereocenters. The van der Waals surface area contributed by atoms with E-state index < -0.39 is 0 Å². The minimum absolute atomic E-state index is 0.0818. The van der Waals surface area contributed by atoms with Crippen molar-refractivity contribution in [2.45, 2.75) is 32.1 Å². The Labute approximate surface area is 102 Å². The van der Waals surface area contributed by atoms with E-state index in [1.807, 2.05) is 12.1 Å². The van der Waals surface area contributed by atoms with Crippen molar-refractivity contribution in [3.63, 3.8) is 0 Å². The van der Waals surface area contributed by atoms with Crippen LogP contribution in [0.25, 0.3) is 0 Å². The summed E-state index contributed by atoms with van der Waals surface area (Å²) in [6.07, 6.45) is 2.99. The third kappa shape index (κ3) is 3.60. The second-order valence-corrected chi connectivity index (χ2v) is 3.94. The minimum atomic E-state index is -0.349. The van der Waals surface area contributed by atoms with Crippen molar-refractivity contribution in [3.05, 3.63) is 35.4 Å². The maximum absolute atomic E-state index is 11.2. The highest BCUT2D eigenvalue weighted by atomic mass is 16.5. The number of ether oxygens (including phenoxy) is 1. The van der Waals surface area contributed by atoms with Gasteiger partial charge in [-0.1, -0.05) is 31.9 Å². The lowest BCUT2D eigenvalue weighted by Gasteiger charge is -2.09. The molecule has 0 aliphatic carbocycles. The molecule has 90 valence electrons. The van der Waals surface area contributed by atoms with Gasteiger partial charge in [-0.3, -0.25) is 0 Å². The molecular weight excluding hydrogens is 214 g/mol. The lowest BCUT2D eigenvalue weighted by atomic mass is 9.94. The normalized spacial score (nSPS) is 11.6. The van der Waals surface area contributed by atoms with Crippen LogP contribution >= 0.6 is 0 Å². The Balaban J connectivity index is 2.78. The van der Waals surface area contributed by atoms with Crippen LogP contribution in [0.2, 0.25) is 0 Å². The van der Waals surface area contributed by atoms with Gasteiger partial charge in [-0.05, 0) is 24.1 Å². The van der Waals surface area contributed by atoms with Crippen LogP contribution in [0.15, 0.2) is 24.3 Å². The summed E-state index contributed by atoms with van der Waals surface area (Å²) < 4.78 is 4.62. The van der Waals surface area contributed by atoms with E-state index in [2.05, 4.69) is 17.7 Å². The summed E-state index contributed by atoms with van der Waals surface area (Å²) in [5.41, 5.74) is 1.48. The van der Waals surface area contributed by atoms with E-state index in [0.717, 1.165) is 24.8 Å². The summed E-state index contributed by atoms with van der Waals surface area (Å²) in [6.45, 7) is 2.11. The Bertz CT molecular complexity index is 403. The number of nitriles is 1. The lowest BCUT2D eigenvalue weighted by molar-refractivity contribution is 0.0600. The topological polar surface area (TPSA) is 50.1 Å². The van der Waals surface area contributed by atoms with Crippen LogP contribution in [0.5, 0.6) is 0 Å². The van der Waals surface area contributed by atoms with Crippen molar-refractivity contribution >= 4 is 5.97 Å². The zero-order valence-corrected chi connectivity index (χ0v) is 10.3. The smallest absolute Gasteiger partial charge is 0.337 e. The molecule has 1 aromatic carbocycles. The molecule has 1 rings (SSSR count). The number of carbonyl (C=O) groups excluding carboxylic acids is 1. The standard InChI is InChI=1S/C14H17NO2/c1-3-4-5-13(10-15)11-6-8-12(9-7-11)14(16)17-2/h6-9,13H,3-5H2,1-2H3. The molecule has 0 bridgehead atoms. The Morgan fingerprint density at radius 2 is 2.06 bits per heavy atom. The molecule has 1 unspecified atom stereocenters. The maximum Gasteiger partial charge on any atom is 0.337 e. The monoisotopic (exact) mass is 231 g/mol. The van der Waals surface area contributed by atoms with Crippen LogP contribution < -0.4 is 0 Å². The minimum Gasteiger partial charge on any atom is -0.465 e. The van der Waals surface area contributed by atoms with Crippen LogP contribution in [0.4, 0.5) is 0 Å². The van der Waals surface area contributed by atoms with Gasteiger partial charge in [0.2, 0.25) is 0 Å². The summed E-state index contributed by atoms with van der Waals surface area (Å²) in [5.74, 6) is -0.430. The molecule has 0 N–H and O–H groups in total. The quantitative estimate of drug-likeness (QED) is 0.731. The van der Waals surface area contributed by atoms with Gasteiger partial charge in [0.1, 0.15) is 0 Å². The van der Waals surface area contributed by atoms with E-state index in [-0.39, 0.29) is 11.9 Å². The Kier molecular flexibility index (Phi) is 5.22.